The Kier molecular flexibility index (Phi) is 3.99. The second-order valence-electron chi connectivity index (χ2n) is 4.24. The summed E-state index contributed by atoms with van der Waals surface area (Å²) in [6, 6.07) is 1.94. The highest BCUT2D eigenvalue weighted by Crippen LogP contribution is 2.32. The van der Waals surface area contributed by atoms with Crippen LogP contribution >= 0.6 is 0 Å². The summed E-state index contributed by atoms with van der Waals surface area (Å²) in [5.74, 6) is 0.00671. The molecule has 4 heteroatoms. The summed E-state index contributed by atoms with van der Waals surface area (Å²) in [7, 11) is 3.43. The van der Waals surface area contributed by atoms with Crippen LogP contribution < -0.4 is 9.64 Å². The van der Waals surface area contributed by atoms with E-state index in [2.05, 4.69) is 0 Å². The maximum absolute atomic E-state index is 10.7. The van der Waals surface area contributed by atoms with Gasteiger partial charge in [0.25, 0.3) is 0 Å². The Morgan fingerprint density at radius 2 is 1.94 bits per heavy atom. The first-order valence-corrected chi connectivity index (χ1v) is 5.46. The first kappa shape index (κ1) is 13.4. The molecule has 4 nitrogen and oxygen atoms in total. The molecule has 0 amide bonds. The molecule has 1 aromatic carbocycles. The predicted octanol–water partition coefficient (Wildman–Crippen LogP) is 2.14. The van der Waals surface area contributed by atoms with Gasteiger partial charge in [-0.05, 0) is 43.5 Å². The monoisotopic (exact) mass is 237 g/mol. The molecule has 94 valence electrons. The molecule has 0 saturated heterocycles. The van der Waals surface area contributed by atoms with Crippen LogP contribution in [0.15, 0.2) is 6.07 Å². The fraction of sp³-hybridized carbons (Fsp3) is 0.462. The Balaban J connectivity index is 3.25. The average Bonchev–Trinajstić information content (AvgIpc) is 2.22. The number of hydrogen-bond donors (Lipinski definition) is 1. The van der Waals surface area contributed by atoms with Crippen LogP contribution in [-0.4, -0.2) is 31.8 Å². The second kappa shape index (κ2) is 5.08. The van der Waals surface area contributed by atoms with Crippen LogP contribution in [0.1, 0.15) is 16.7 Å². The van der Waals surface area contributed by atoms with Crippen molar-refractivity contribution in [1.82, 2.24) is 0 Å². The van der Waals surface area contributed by atoms with Gasteiger partial charge in [-0.15, -0.1) is 0 Å². The fourth-order valence-corrected chi connectivity index (χ4v) is 2.11. The molecule has 0 atom stereocenters. The molecule has 0 spiro atoms. The summed E-state index contributed by atoms with van der Waals surface area (Å²) >= 11 is 0. The largest absolute Gasteiger partial charge is 0.496 e. The van der Waals surface area contributed by atoms with Gasteiger partial charge in [0.05, 0.1) is 7.11 Å². The molecule has 0 fully saturated rings. The zero-order valence-electron chi connectivity index (χ0n) is 11.0. The lowest BCUT2D eigenvalue weighted by Crippen LogP contribution is -2.26. The van der Waals surface area contributed by atoms with E-state index in [-0.39, 0.29) is 6.54 Å². The zero-order valence-corrected chi connectivity index (χ0v) is 11.0. The third-order valence-electron chi connectivity index (χ3n) is 2.98. The highest BCUT2D eigenvalue weighted by atomic mass is 16.5. The molecule has 0 aromatic heterocycles. The molecule has 1 rings (SSSR count). The minimum absolute atomic E-state index is 0.00650. The van der Waals surface area contributed by atoms with Crippen molar-refractivity contribution in [2.45, 2.75) is 20.8 Å². The van der Waals surface area contributed by atoms with E-state index in [1.807, 2.05) is 26.8 Å². The van der Waals surface area contributed by atoms with Crippen molar-refractivity contribution < 1.29 is 14.6 Å². The van der Waals surface area contributed by atoms with Crippen molar-refractivity contribution in [2.75, 3.05) is 25.6 Å². The summed E-state index contributed by atoms with van der Waals surface area (Å²) in [5.41, 5.74) is 4.09. The number of likely N-dealkylation sites (N-methyl/N-ethyl adjacent to an activating group) is 1. The number of aryl methyl sites for hydroxylation is 1. The maximum atomic E-state index is 10.7. The first-order valence-electron chi connectivity index (χ1n) is 5.46. The van der Waals surface area contributed by atoms with E-state index < -0.39 is 5.97 Å². The minimum atomic E-state index is -0.834. The van der Waals surface area contributed by atoms with Gasteiger partial charge < -0.3 is 14.7 Å². The van der Waals surface area contributed by atoms with Crippen molar-refractivity contribution >= 4 is 11.7 Å². The van der Waals surface area contributed by atoms with Crippen molar-refractivity contribution in [3.8, 4) is 5.75 Å². The Morgan fingerprint density at radius 3 is 2.41 bits per heavy atom. The molecule has 1 N–H and O–H groups in total. The Bertz CT molecular complexity index is 441. The third kappa shape index (κ3) is 2.70. The van der Waals surface area contributed by atoms with Gasteiger partial charge in [0.15, 0.2) is 0 Å². The predicted molar refractivity (Wildman–Crippen MR) is 68.1 cm³/mol. The SMILES string of the molecule is COc1cc(C)c(N(C)CC(=O)O)c(C)c1C. The number of carboxylic acids is 1. The summed E-state index contributed by atoms with van der Waals surface area (Å²) in [6.45, 7) is 5.92. The summed E-state index contributed by atoms with van der Waals surface area (Å²) in [5, 5.41) is 8.83. The van der Waals surface area contributed by atoms with Crippen molar-refractivity contribution in [3.05, 3.63) is 22.8 Å². The van der Waals surface area contributed by atoms with E-state index in [9.17, 15) is 4.79 Å². The van der Waals surface area contributed by atoms with E-state index >= 15 is 0 Å². The molecule has 0 radical (unpaired) electrons. The normalized spacial score (nSPS) is 10.2. The highest BCUT2D eigenvalue weighted by Gasteiger charge is 2.15. The van der Waals surface area contributed by atoms with Gasteiger partial charge in [0.1, 0.15) is 12.3 Å². The van der Waals surface area contributed by atoms with Gasteiger partial charge in [-0.25, -0.2) is 0 Å². The second-order valence-corrected chi connectivity index (χ2v) is 4.24. The summed E-state index contributed by atoms with van der Waals surface area (Å²) in [4.78, 5) is 12.5. The number of hydrogen-bond acceptors (Lipinski definition) is 3. The van der Waals surface area contributed by atoms with E-state index in [1.165, 1.54) is 0 Å². The Labute approximate surface area is 102 Å². The number of anilines is 1. The number of methoxy groups -OCH3 is 1. The van der Waals surface area contributed by atoms with Crippen LogP contribution in [0.3, 0.4) is 0 Å². The van der Waals surface area contributed by atoms with Gasteiger partial charge in [-0.1, -0.05) is 0 Å². The molecule has 0 saturated carbocycles. The molecule has 0 aliphatic heterocycles. The quantitative estimate of drug-likeness (QED) is 0.871. The van der Waals surface area contributed by atoms with E-state index in [0.717, 1.165) is 28.1 Å². The van der Waals surface area contributed by atoms with Gasteiger partial charge in [-0.2, -0.15) is 0 Å². The molecule has 0 aliphatic carbocycles. The molecule has 1 aromatic rings. The molecular weight excluding hydrogens is 218 g/mol. The molecule has 0 unspecified atom stereocenters. The zero-order chi connectivity index (χ0) is 13.2. The lowest BCUT2D eigenvalue weighted by molar-refractivity contribution is -0.135. The number of aliphatic carboxylic acids is 1. The van der Waals surface area contributed by atoms with E-state index in [0.29, 0.717) is 0 Å². The van der Waals surface area contributed by atoms with Crippen molar-refractivity contribution in [1.29, 1.82) is 0 Å². The van der Waals surface area contributed by atoms with Crippen molar-refractivity contribution in [3.63, 3.8) is 0 Å². The van der Waals surface area contributed by atoms with Crippen LogP contribution in [-0.2, 0) is 4.79 Å². The molecule has 0 aliphatic rings. The number of nitrogens with zero attached hydrogens (tertiary/aromatic N) is 1. The number of benzene rings is 1. The summed E-state index contributed by atoms with van der Waals surface area (Å²) < 4.78 is 5.29. The topological polar surface area (TPSA) is 49.8 Å². The smallest absolute Gasteiger partial charge is 0.323 e. The lowest BCUT2D eigenvalue weighted by atomic mass is 10.0. The lowest BCUT2D eigenvalue weighted by Gasteiger charge is -2.24. The van der Waals surface area contributed by atoms with Crippen LogP contribution in [0, 0.1) is 20.8 Å². The third-order valence-corrected chi connectivity index (χ3v) is 2.98. The van der Waals surface area contributed by atoms with Gasteiger partial charge in [0, 0.05) is 12.7 Å². The van der Waals surface area contributed by atoms with Crippen LogP contribution in [0.2, 0.25) is 0 Å². The number of ether oxygens (including phenoxy) is 1. The Morgan fingerprint density at radius 1 is 1.35 bits per heavy atom. The average molecular weight is 237 g/mol. The Hall–Kier alpha value is -1.71. The maximum Gasteiger partial charge on any atom is 0.323 e. The molecule has 0 heterocycles. The van der Waals surface area contributed by atoms with Crippen LogP contribution in [0.5, 0.6) is 5.75 Å². The van der Waals surface area contributed by atoms with Gasteiger partial charge in [0.2, 0.25) is 0 Å². The number of carboxylic acid groups (broad SMARTS) is 1. The summed E-state index contributed by atoms with van der Waals surface area (Å²) in [6.07, 6.45) is 0. The minimum Gasteiger partial charge on any atom is -0.496 e. The molecular formula is C13H19NO3. The molecule has 17 heavy (non-hydrogen) atoms. The fourth-order valence-electron chi connectivity index (χ4n) is 2.11. The van der Waals surface area contributed by atoms with Crippen LogP contribution in [0.25, 0.3) is 0 Å². The van der Waals surface area contributed by atoms with E-state index in [4.69, 9.17) is 9.84 Å². The molecule has 0 bridgehead atoms. The van der Waals surface area contributed by atoms with Gasteiger partial charge in [-0.3, -0.25) is 4.79 Å². The highest BCUT2D eigenvalue weighted by molar-refractivity contribution is 5.76. The number of carbonyl (C=O) groups is 1. The standard InChI is InChI=1S/C13H19NO3/c1-8-6-11(17-5)9(2)10(3)13(8)14(4)7-12(15)16/h6H,7H2,1-5H3,(H,15,16). The van der Waals surface area contributed by atoms with Gasteiger partial charge >= 0.3 is 5.97 Å². The van der Waals surface area contributed by atoms with E-state index in [1.54, 1.807) is 19.1 Å². The van der Waals surface area contributed by atoms with Crippen LogP contribution in [0.4, 0.5) is 5.69 Å². The first-order chi connectivity index (χ1) is 7.88. The van der Waals surface area contributed by atoms with Crippen molar-refractivity contribution in [2.24, 2.45) is 0 Å². The number of rotatable bonds is 4.